The summed E-state index contributed by atoms with van der Waals surface area (Å²) in [4.78, 5) is 15.0. The molecule has 0 unspecified atom stereocenters. The number of methoxy groups -OCH3 is 1. The van der Waals surface area contributed by atoms with Gasteiger partial charge in [-0.25, -0.2) is 0 Å². The maximum atomic E-state index is 12.9. The Balaban J connectivity index is 1.71. The lowest BCUT2D eigenvalue weighted by atomic mass is 9.97. The zero-order chi connectivity index (χ0) is 18.4. The number of rotatable bonds is 8. The van der Waals surface area contributed by atoms with Crippen LogP contribution < -0.4 is 4.74 Å². The molecule has 136 valence electrons. The number of nitrogens with zero attached hydrogens (tertiary/aromatic N) is 1. The Bertz CT molecular complexity index is 724. The molecule has 3 heteroatoms. The van der Waals surface area contributed by atoms with Crippen LogP contribution in [-0.2, 0) is 11.2 Å². The number of allylic oxidation sites excluding steroid dienone is 1. The van der Waals surface area contributed by atoms with Gasteiger partial charge in [0.25, 0.3) is 0 Å². The number of carbonyl (C=O) groups is 1. The number of hydrogen-bond acceptors (Lipinski definition) is 2. The van der Waals surface area contributed by atoms with Crippen LogP contribution in [0.4, 0.5) is 0 Å². The number of hydrogen-bond donors (Lipinski definition) is 0. The van der Waals surface area contributed by atoms with Gasteiger partial charge in [0.2, 0.25) is 5.91 Å². The zero-order valence-corrected chi connectivity index (χ0v) is 15.4. The summed E-state index contributed by atoms with van der Waals surface area (Å²) in [7, 11) is 1.67. The van der Waals surface area contributed by atoms with Crippen LogP contribution in [0.5, 0.6) is 5.75 Å². The predicted octanol–water partition coefficient (Wildman–Crippen LogP) is 4.79. The van der Waals surface area contributed by atoms with Crippen molar-refractivity contribution in [3.63, 3.8) is 0 Å². The fourth-order valence-electron chi connectivity index (χ4n) is 3.79. The molecule has 0 saturated carbocycles. The first-order valence-corrected chi connectivity index (χ1v) is 9.32. The highest BCUT2D eigenvalue weighted by Gasteiger charge is 2.38. The zero-order valence-electron chi connectivity index (χ0n) is 15.4. The molecule has 1 aliphatic rings. The SMILES string of the molecule is C=CC[C@H]1C[C@H](c2ccc(OC)cc2)N(CCCc2ccccc2)C1=O. The molecular formula is C23H27NO2. The molecule has 1 fully saturated rings. The highest BCUT2D eigenvalue weighted by molar-refractivity contribution is 5.82. The number of aryl methyl sites for hydroxylation is 1. The van der Waals surface area contributed by atoms with E-state index in [1.807, 2.05) is 24.3 Å². The normalized spacial score (nSPS) is 19.6. The fourth-order valence-corrected chi connectivity index (χ4v) is 3.79. The number of ether oxygens (including phenoxy) is 1. The molecule has 0 aliphatic carbocycles. The lowest BCUT2D eigenvalue weighted by Crippen LogP contribution is -2.30. The molecule has 0 bridgehead atoms. The van der Waals surface area contributed by atoms with Gasteiger partial charge in [-0.05, 0) is 48.9 Å². The second-order valence-electron chi connectivity index (χ2n) is 6.87. The van der Waals surface area contributed by atoms with Crippen molar-refractivity contribution >= 4 is 5.91 Å². The van der Waals surface area contributed by atoms with Gasteiger partial charge < -0.3 is 9.64 Å². The minimum atomic E-state index is 0.0522. The van der Waals surface area contributed by atoms with Gasteiger partial charge in [0, 0.05) is 12.5 Å². The smallest absolute Gasteiger partial charge is 0.226 e. The second kappa shape index (κ2) is 8.70. The quantitative estimate of drug-likeness (QED) is 0.641. The summed E-state index contributed by atoms with van der Waals surface area (Å²) in [6.45, 7) is 4.61. The van der Waals surface area contributed by atoms with Crippen LogP contribution in [0.2, 0.25) is 0 Å². The molecule has 1 aliphatic heterocycles. The molecule has 0 spiro atoms. The summed E-state index contributed by atoms with van der Waals surface area (Å²) >= 11 is 0. The number of likely N-dealkylation sites (tertiary alicyclic amines) is 1. The van der Waals surface area contributed by atoms with E-state index in [0.717, 1.165) is 38.0 Å². The minimum Gasteiger partial charge on any atom is -0.497 e. The molecule has 1 saturated heterocycles. The second-order valence-corrected chi connectivity index (χ2v) is 6.87. The molecule has 2 aromatic rings. The van der Waals surface area contributed by atoms with E-state index in [9.17, 15) is 4.79 Å². The molecule has 0 N–H and O–H groups in total. The van der Waals surface area contributed by atoms with Gasteiger partial charge in [0.15, 0.2) is 0 Å². The third kappa shape index (κ3) is 4.16. The Morgan fingerprint density at radius 2 is 1.88 bits per heavy atom. The lowest BCUT2D eigenvalue weighted by molar-refractivity contribution is -0.132. The first kappa shape index (κ1) is 18.2. The Hall–Kier alpha value is -2.55. The Kier molecular flexibility index (Phi) is 6.11. The van der Waals surface area contributed by atoms with Crippen molar-refractivity contribution in [2.45, 2.75) is 31.7 Å². The van der Waals surface area contributed by atoms with E-state index in [0.29, 0.717) is 0 Å². The molecular weight excluding hydrogens is 322 g/mol. The summed E-state index contributed by atoms with van der Waals surface area (Å²) in [5.74, 6) is 1.16. The molecule has 1 heterocycles. The summed E-state index contributed by atoms with van der Waals surface area (Å²) in [6.07, 6.45) is 5.44. The Morgan fingerprint density at radius 1 is 1.15 bits per heavy atom. The largest absolute Gasteiger partial charge is 0.497 e. The average Bonchev–Trinajstić information content (AvgIpc) is 2.99. The molecule has 0 radical (unpaired) electrons. The first-order chi connectivity index (χ1) is 12.7. The van der Waals surface area contributed by atoms with Crippen LogP contribution in [0, 0.1) is 5.92 Å². The molecule has 3 nitrogen and oxygen atoms in total. The monoisotopic (exact) mass is 349 g/mol. The summed E-state index contributed by atoms with van der Waals surface area (Å²) in [6, 6.07) is 18.7. The molecule has 26 heavy (non-hydrogen) atoms. The lowest BCUT2D eigenvalue weighted by Gasteiger charge is -2.25. The number of carbonyl (C=O) groups excluding carboxylic acids is 1. The van der Waals surface area contributed by atoms with Crippen molar-refractivity contribution in [3.8, 4) is 5.75 Å². The van der Waals surface area contributed by atoms with Crippen molar-refractivity contribution in [2.75, 3.05) is 13.7 Å². The van der Waals surface area contributed by atoms with E-state index in [1.165, 1.54) is 11.1 Å². The van der Waals surface area contributed by atoms with Crippen molar-refractivity contribution in [1.82, 2.24) is 4.90 Å². The average molecular weight is 349 g/mol. The van der Waals surface area contributed by atoms with E-state index in [1.54, 1.807) is 7.11 Å². The Morgan fingerprint density at radius 3 is 2.54 bits per heavy atom. The van der Waals surface area contributed by atoms with Crippen LogP contribution in [0.15, 0.2) is 67.3 Å². The highest BCUT2D eigenvalue weighted by atomic mass is 16.5. The highest BCUT2D eigenvalue weighted by Crippen LogP contribution is 2.38. The van der Waals surface area contributed by atoms with Gasteiger partial charge in [0.05, 0.1) is 13.2 Å². The standard InChI is InChI=1S/C23H27NO2/c1-3-8-20-17-22(19-12-14-21(26-2)15-13-19)24(23(20)25)16-7-11-18-9-5-4-6-10-18/h3-6,9-10,12-15,20,22H,1,7-8,11,16-17H2,2H3/t20-,22+/m0/s1. The van der Waals surface area contributed by atoms with Crippen LogP contribution in [-0.4, -0.2) is 24.5 Å². The van der Waals surface area contributed by atoms with Gasteiger partial charge >= 0.3 is 0 Å². The van der Waals surface area contributed by atoms with Crippen LogP contribution in [0.3, 0.4) is 0 Å². The van der Waals surface area contributed by atoms with Crippen molar-refractivity contribution in [3.05, 3.63) is 78.4 Å². The van der Waals surface area contributed by atoms with Crippen molar-refractivity contribution in [1.29, 1.82) is 0 Å². The summed E-state index contributed by atoms with van der Waals surface area (Å²) < 4.78 is 5.26. The van der Waals surface area contributed by atoms with E-state index in [4.69, 9.17) is 4.74 Å². The molecule has 2 aromatic carbocycles. The summed E-state index contributed by atoms with van der Waals surface area (Å²) in [5.41, 5.74) is 2.51. The fraction of sp³-hybridized carbons (Fsp3) is 0.348. The van der Waals surface area contributed by atoms with E-state index >= 15 is 0 Å². The molecule has 1 amide bonds. The predicted molar refractivity (Wildman–Crippen MR) is 105 cm³/mol. The summed E-state index contributed by atoms with van der Waals surface area (Å²) in [5, 5.41) is 0. The molecule has 3 rings (SSSR count). The van der Waals surface area contributed by atoms with Gasteiger partial charge in [-0.3, -0.25) is 4.79 Å². The third-order valence-electron chi connectivity index (χ3n) is 5.18. The minimum absolute atomic E-state index is 0.0522. The van der Waals surface area contributed by atoms with Crippen LogP contribution in [0.1, 0.15) is 36.4 Å². The molecule has 0 aromatic heterocycles. The van der Waals surface area contributed by atoms with Gasteiger partial charge in [-0.15, -0.1) is 6.58 Å². The van der Waals surface area contributed by atoms with Crippen molar-refractivity contribution in [2.24, 2.45) is 5.92 Å². The third-order valence-corrected chi connectivity index (χ3v) is 5.18. The van der Waals surface area contributed by atoms with Crippen LogP contribution >= 0.6 is 0 Å². The van der Waals surface area contributed by atoms with Gasteiger partial charge in [-0.1, -0.05) is 48.5 Å². The van der Waals surface area contributed by atoms with Crippen LogP contribution in [0.25, 0.3) is 0 Å². The topological polar surface area (TPSA) is 29.5 Å². The number of amides is 1. The van der Waals surface area contributed by atoms with Gasteiger partial charge in [0.1, 0.15) is 5.75 Å². The van der Waals surface area contributed by atoms with E-state index in [2.05, 4.69) is 47.9 Å². The van der Waals surface area contributed by atoms with E-state index < -0.39 is 0 Å². The van der Waals surface area contributed by atoms with Gasteiger partial charge in [-0.2, -0.15) is 0 Å². The van der Waals surface area contributed by atoms with Crippen molar-refractivity contribution < 1.29 is 9.53 Å². The van der Waals surface area contributed by atoms with E-state index in [-0.39, 0.29) is 17.9 Å². The maximum absolute atomic E-state index is 12.9. The molecule has 2 atom stereocenters. The Labute approximate surface area is 156 Å². The number of benzene rings is 2. The first-order valence-electron chi connectivity index (χ1n) is 9.32. The maximum Gasteiger partial charge on any atom is 0.226 e.